The van der Waals surface area contributed by atoms with E-state index in [1.165, 1.54) is 11.8 Å². The van der Waals surface area contributed by atoms with E-state index in [1.807, 2.05) is 24.3 Å². The van der Waals surface area contributed by atoms with E-state index in [-0.39, 0.29) is 24.6 Å². The van der Waals surface area contributed by atoms with Crippen LogP contribution in [0.25, 0.3) is 0 Å². The van der Waals surface area contributed by atoms with Crippen LogP contribution in [0.1, 0.15) is 43.1 Å². The summed E-state index contributed by atoms with van der Waals surface area (Å²) in [6.07, 6.45) is 3.74. The highest BCUT2D eigenvalue weighted by Gasteiger charge is 2.22. The topological polar surface area (TPSA) is 95.2 Å². The van der Waals surface area contributed by atoms with E-state index in [0.717, 1.165) is 41.5 Å². The molecular weight excluding hydrogens is 428 g/mol. The number of methoxy groups -OCH3 is 1. The largest absolute Gasteiger partial charge is 0.469 e. The molecule has 3 rings (SSSR count). The van der Waals surface area contributed by atoms with Crippen LogP contribution in [0.4, 0.5) is 0 Å². The van der Waals surface area contributed by atoms with E-state index in [0.29, 0.717) is 6.54 Å². The third-order valence-electron chi connectivity index (χ3n) is 4.76. The number of aromatic nitrogens is 3. The van der Waals surface area contributed by atoms with Crippen LogP contribution in [-0.4, -0.2) is 33.3 Å². The van der Waals surface area contributed by atoms with Crippen molar-refractivity contribution >= 4 is 27.8 Å². The summed E-state index contributed by atoms with van der Waals surface area (Å²) in [5.74, 6) is -0.0891. The number of carbonyl (C=O) groups excluding carboxylic acids is 2. The van der Waals surface area contributed by atoms with Gasteiger partial charge in [0.15, 0.2) is 0 Å². The highest BCUT2D eigenvalue weighted by Crippen LogP contribution is 2.21. The summed E-state index contributed by atoms with van der Waals surface area (Å²) in [7, 11) is 1.31. The Morgan fingerprint density at radius 1 is 1.32 bits per heavy atom. The molecule has 1 aromatic carbocycles. The number of esters is 1. The summed E-state index contributed by atoms with van der Waals surface area (Å²) in [4.78, 5) is 36.9. The molecule has 2 heterocycles. The summed E-state index contributed by atoms with van der Waals surface area (Å²) in [5.41, 5.74) is 0.500. The van der Waals surface area contributed by atoms with Crippen molar-refractivity contribution in [2.45, 2.75) is 51.2 Å². The van der Waals surface area contributed by atoms with Crippen LogP contribution in [-0.2, 0) is 33.8 Å². The van der Waals surface area contributed by atoms with Crippen molar-refractivity contribution in [3.63, 3.8) is 0 Å². The zero-order valence-corrected chi connectivity index (χ0v) is 17.3. The molecule has 9 heteroatoms. The van der Waals surface area contributed by atoms with Gasteiger partial charge in [-0.15, -0.1) is 0 Å². The van der Waals surface area contributed by atoms with Crippen LogP contribution in [0.3, 0.4) is 0 Å². The van der Waals surface area contributed by atoms with Crippen LogP contribution < -0.4 is 11.0 Å². The van der Waals surface area contributed by atoms with Crippen LogP contribution in [0.2, 0.25) is 0 Å². The van der Waals surface area contributed by atoms with Gasteiger partial charge in [0, 0.05) is 17.4 Å². The number of rotatable bonds is 6. The lowest BCUT2D eigenvalue weighted by atomic mass is 10.0. The molecule has 0 fully saturated rings. The second-order valence-corrected chi connectivity index (χ2v) is 7.69. The fourth-order valence-electron chi connectivity index (χ4n) is 3.33. The fourth-order valence-corrected chi connectivity index (χ4v) is 3.75. The minimum absolute atomic E-state index is 0.00666. The molecule has 8 nitrogen and oxygen atoms in total. The van der Waals surface area contributed by atoms with Crippen molar-refractivity contribution in [1.82, 2.24) is 19.7 Å². The summed E-state index contributed by atoms with van der Waals surface area (Å²) in [6.45, 7) is 0.448. The molecule has 0 radical (unpaired) electrons. The molecule has 1 aliphatic heterocycles. The molecule has 1 N–H and O–H groups in total. The molecule has 1 aromatic heterocycles. The van der Waals surface area contributed by atoms with E-state index in [4.69, 9.17) is 4.74 Å². The Hall–Kier alpha value is -2.42. The van der Waals surface area contributed by atoms with Gasteiger partial charge in [-0.2, -0.15) is 5.10 Å². The summed E-state index contributed by atoms with van der Waals surface area (Å²) >= 11 is 3.40. The van der Waals surface area contributed by atoms with Gasteiger partial charge in [-0.1, -0.05) is 34.5 Å². The lowest BCUT2D eigenvalue weighted by Gasteiger charge is -2.18. The van der Waals surface area contributed by atoms with E-state index >= 15 is 0 Å². The Morgan fingerprint density at radius 3 is 2.89 bits per heavy atom. The molecule has 150 valence electrons. The maximum atomic E-state index is 12.6. The van der Waals surface area contributed by atoms with Crippen molar-refractivity contribution in [3.05, 3.63) is 50.6 Å². The first kappa shape index (κ1) is 20.3. The Balaban J connectivity index is 1.75. The quantitative estimate of drug-likeness (QED) is 0.678. The van der Waals surface area contributed by atoms with Crippen LogP contribution in [0.15, 0.2) is 33.5 Å². The number of fused-ring (bicyclic) bond motifs is 1. The molecule has 1 aliphatic rings. The van der Waals surface area contributed by atoms with Crippen molar-refractivity contribution in [3.8, 4) is 0 Å². The first-order valence-electron chi connectivity index (χ1n) is 9.26. The number of benzene rings is 1. The van der Waals surface area contributed by atoms with Crippen LogP contribution in [0.5, 0.6) is 0 Å². The zero-order valence-electron chi connectivity index (χ0n) is 15.7. The molecule has 0 aliphatic carbocycles. The highest BCUT2D eigenvalue weighted by atomic mass is 79.9. The first-order valence-corrected chi connectivity index (χ1v) is 10.1. The SMILES string of the molecule is COC(=O)CC(NC(=O)Cn1nc2n(c1=O)CCCCC2)c1cccc(Br)c1. The number of ether oxygens (including phenoxy) is 1. The molecule has 1 amide bonds. The number of carbonyl (C=O) groups is 2. The number of nitrogens with one attached hydrogen (secondary N) is 1. The number of hydrogen-bond acceptors (Lipinski definition) is 5. The molecule has 1 unspecified atom stereocenters. The lowest BCUT2D eigenvalue weighted by Crippen LogP contribution is -2.36. The molecule has 0 saturated carbocycles. The van der Waals surface area contributed by atoms with Gasteiger partial charge in [-0.05, 0) is 30.5 Å². The van der Waals surface area contributed by atoms with E-state index in [1.54, 1.807) is 4.57 Å². The Bertz CT molecular complexity index is 921. The normalized spacial score (nSPS) is 14.6. The van der Waals surface area contributed by atoms with Crippen molar-refractivity contribution in [2.24, 2.45) is 0 Å². The van der Waals surface area contributed by atoms with Gasteiger partial charge in [-0.3, -0.25) is 14.2 Å². The monoisotopic (exact) mass is 450 g/mol. The highest BCUT2D eigenvalue weighted by molar-refractivity contribution is 9.10. The average Bonchev–Trinajstić information content (AvgIpc) is 2.84. The second kappa shape index (κ2) is 9.18. The fraction of sp³-hybridized carbons (Fsp3) is 0.474. The van der Waals surface area contributed by atoms with E-state index < -0.39 is 12.0 Å². The minimum Gasteiger partial charge on any atom is -0.469 e. The average molecular weight is 451 g/mol. The van der Waals surface area contributed by atoms with Gasteiger partial charge in [0.1, 0.15) is 12.4 Å². The van der Waals surface area contributed by atoms with Gasteiger partial charge < -0.3 is 10.1 Å². The maximum Gasteiger partial charge on any atom is 0.346 e. The van der Waals surface area contributed by atoms with Gasteiger partial charge in [-0.25, -0.2) is 9.48 Å². The molecule has 0 spiro atoms. The number of nitrogens with zero attached hydrogens (tertiary/aromatic N) is 3. The molecule has 1 atom stereocenters. The molecule has 0 saturated heterocycles. The molecule has 2 aromatic rings. The maximum absolute atomic E-state index is 12.6. The van der Waals surface area contributed by atoms with E-state index in [2.05, 4.69) is 26.3 Å². The molecule has 0 bridgehead atoms. The van der Waals surface area contributed by atoms with Gasteiger partial charge in [0.25, 0.3) is 0 Å². The third kappa shape index (κ3) is 4.89. The molecule has 28 heavy (non-hydrogen) atoms. The van der Waals surface area contributed by atoms with Gasteiger partial charge in [0.2, 0.25) is 5.91 Å². The number of hydrogen-bond donors (Lipinski definition) is 1. The Kier molecular flexibility index (Phi) is 6.66. The van der Waals surface area contributed by atoms with Crippen LogP contribution >= 0.6 is 15.9 Å². The van der Waals surface area contributed by atoms with Crippen molar-refractivity contribution < 1.29 is 14.3 Å². The van der Waals surface area contributed by atoms with Gasteiger partial charge >= 0.3 is 11.7 Å². The number of aryl methyl sites for hydroxylation is 1. The summed E-state index contributed by atoms with van der Waals surface area (Å²) in [5, 5.41) is 7.15. The van der Waals surface area contributed by atoms with Gasteiger partial charge in [0.05, 0.1) is 19.6 Å². The van der Waals surface area contributed by atoms with Crippen molar-refractivity contribution in [1.29, 1.82) is 0 Å². The minimum atomic E-state index is -0.561. The zero-order chi connectivity index (χ0) is 20.1. The summed E-state index contributed by atoms with van der Waals surface area (Å²) < 4.78 is 8.44. The predicted octanol–water partition coefficient (Wildman–Crippen LogP) is 1.95. The number of amides is 1. The Morgan fingerprint density at radius 2 is 2.14 bits per heavy atom. The third-order valence-corrected chi connectivity index (χ3v) is 5.25. The Labute approximate surface area is 171 Å². The first-order chi connectivity index (χ1) is 13.5. The predicted molar refractivity (Wildman–Crippen MR) is 106 cm³/mol. The summed E-state index contributed by atoms with van der Waals surface area (Å²) in [6, 6.07) is 6.78. The second-order valence-electron chi connectivity index (χ2n) is 6.77. The van der Waals surface area contributed by atoms with Crippen molar-refractivity contribution in [2.75, 3.05) is 7.11 Å². The van der Waals surface area contributed by atoms with E-state index in [9.17, 15) is 14.4 Å². The van der Waals surface area contributed by atoms with Crippen LogP contribution in [0, 0.1) is 0 Å². The lowest BCUT2D eigenvalue weighted by molar-refractivity contribution is -0.141. The smallest absolute Gasteiger partial charge is 0.346 e. The number of halogens is 1. The molecular formula is C19H23BrN4O4. The standard InChI is InChI=1S/C19H23BrN4O4/c1-28-18(26)11-15(13-6-5-7-14(20)10-13)21-17(25)12-24-19(27)23-9-4-2-3-8-16(23)22-24/h5-7,10,15H,2-4,8-9,11-12H2,1H3,(H,21,25).